The van der Waals surface area contributed by atoms with Crippen LogP contribution in [-0.4, -0.2) is 19.0 Å². The van der Waals surface area contributed by atoms with E-state index in [9.17, 15) is 10.1 Å². The maximum Gasteiger partial charge on any atom is 0.237 e. The van der Waals surface area contributed by atoms with Gasteiger partial charge in [0, 0.05) is 19.0 Å². The first-order chi connectivity index (χ1) is 10.6. The predicted molar refractivity (Wildman–Crippen MR) is 89.2 cm³/mol. The van der Waals surface area contributed by atoms with Gasteiger partial charge in [0.25, 0.3) is 0 Å². The largest absolute Gasteiger partial charge is 0.370 e. The molecule has 0 radical (unpaired) electrons. The molecule has 1 aliphatic heterocycles. The summed E-state index contributed by atoms with van der Waals surface area (Å²) in [6.07, 6.45) is 1.53. The Kier molecular flexibility index (Phi) is 6.87. The second-order valence-corrected chi connectivity index (χ2v) is 5.30. The van der Waals surface area contributed by atoms with Gasteiger partial charge in [0.15, 0.2) is 0 Å². The maximum atomic E-state index is 11.5. The van der Waals surface area contributed by atoms with Crippen LogP contribution in [0.2, 0.25) is 0 Å². The Morgan fingerprint density at radius 1 is 1.27 bits per heavy atom. The standard InChI is InChI=1S/C15H20N4O.C2H6/c1-10-3-4-11(2)14(13(10)9-16)19-7-5-12(6-8-19)15(20)18-17;1-2/h3-4,12H,5-8,17H2,1-2H3,(H,18,20);1-2H3. The summed E-state index contributed by atoms with van der Waals surface area (Å²) in [5, 5.41) is 9.38. The first-order valence-electron chi connectivity index (χ1n) is 7.84. The number of carbonyl (C=O) groups is 1. The highest BCUT2D eigenvalue weighted by Crippen LogP contribution is 2.31. The molecule has 1 saturated heterocycles. The Balaban J connectivity index is 0.00000116. The summed E-state index contributed by atoms with van der Waals surface area (Å²) < 4.78 is 0. The van der Waals surface area contributed by atoms with Gasteiger partial charge in [-0.2, -0.15) is 5.26 Å². The van der Waals surface area contributed by atoms with Crippen LogP contribution in [0.3, 0.4) is 0 Å². The molecule has 1 aromatic carbocycles. The maximum absolute atomic E-state index is 11.5. The van der Waals surface area contributed by atoms with Crippen LogP contribution < -0.4 is 16.2 Å². The number of hydrogen-bond donors (Lipinski definition) is 2. The lowest BCUT2D eigenvalue weighted by Gasteiger charge is -2.34. The van der Waals surface area contributed by atoms with Crippen molar-refractivity contribution in [3.8, 4) is 6.07 Å². The molecule has 0 aliphatic carbocycles. The molecule has 0 unspecified atom stereocenters. The van der Waals surface area contributed by atoms with Crippen LogP contribution in [0, 0.1) is 31.1 Å². The number of hydrogen-bond acceptors (Lipinski definition) is 4. The summed E-state index contributed by atoms with van der Waals surface area (Å²) in [7, 11) is 0. The number of piperidine rings is 1. The highest BCUT2D eigenvalue weighted by molar-refractivity contribution is 5.78. The predicted octanol–water partition coefficient (Wildman–Crippen LogP) is 2.41. The van der Waals surface area contributed by atoms with Crippen molar-refractivity contribution in [1.29, 1.82) is 5.26 Å². The SMILES string of the molecule is CC.Cc1ccc(C)c(N2CCC(C(=O)NN)CC2)c1C#N. The number of aryl methyl sites for hydroxylation is 2. The van der Waals surface area contributed by atoms with E-state index in [1.807, 2.05) is 39.8 Å². The van der Waals surface area contributed by atoms with E-state index < -0.39 is 0 Å². The number of nitrogens with zero attached hydrogens (tertiary/aromatic N) is 2. The van der Waals surface area contributed by atoms with E-state index in [0.717, 1.165) is 48.3 Å². The van der Waals surface area contributed by atoms with E-state index in [1.54, 1.807) is 0 Å². The molecule has 5 nitrogen and oxygen atoms in total. The fourth-order valence-corrected chi connectivity index (χ4v) is 2.83. The second kappa shape index (κ2) is 8.40. The molecule has 120 valence electrons. The fourth-order valence-electron chi connectivity index (χ4n) is 2.83. The molecule has 0 spiro atoms. The van der Waals surface area contributed by atoms with E-state index in [1.165, 1.54) is 0 Å². The van der Waals surface area contributed by atoms with Gasteiger partial charge in [0.1, 0.15) is 6.07 Å². The lowest BCUT2D eigenvalue weighted by molar-refractivity contribution is -0.125. The van der Waals surface area contributed by atoms with Gasteiger partial charge >= 0.3 is 0 Å². The molecule has 0 saturated carbocycles. The molecule has 0 bridgehead atoms. The lowest BCUT2D eigenvalue weighted by atomic mass is 9.94. The highest BCUT2D eigenvalue weighted by Gasteiger charge is 2.26. The van der Waals surface area contributed by atoms with Crippen LogP contribution in [0.5, 0.6) is 0 Å². The zero-order chi connectivity index (χ0) is 16.7. The van der Waals surface area contributed by atoms with Crippen LogP contribution in [0.15, 0.2) is 12.1 Å². The van der Waals surface area contributed by atoms with E-state index in [2.05, 4.69) is 16.4 Å². The van der Waals surface area contributed by atoms with Gasteiger partial charge < -0.3 is 4.90 Å². The van der Waals surface area contributed by atoms with Crippen LogP contribution in [0.25, 0.3) is 0 Å². The molecule has 1 aromatic rings. The molecule has 1 aliphatic rings. The van der Waals surface area contributed by atoms with Gasteiger partial charge in [0.05, 0.1) is 11.3 Å². The van der Waals surface area contributed by atoms with E-state index in [0.29, 0.717) is 0 Å². The molecule has 2 rings (SSSR count). The number of anilines is 1. The van der Waals surface area contributed by atoms with Gasteiger partial charge in [-0.15, -0.1) is 0 Å². The molecule has 0 atom stereocenters. The quantitative estimate of drug-likeness (QED) is 0.499. The minimum absolute atomic E-state index is 0.0214. The number of amides is 1. The molecular formula is C17H26N4O. The number of nitriles is 1. The first-order valence-corrected chi connectivity index (χ1v) is 7.84. The molecule has 0 aromatic heterocycles. The minimum atomic E-state index is -0.0916. The van der Waals surface area contributed by atoms with Crippen molar-refractivity contribution >= 4 is 11.6 Å². The van der Waals surface area contributed by atoms with Crippen molar-refractivity contribution in [3.05, 3.63) is 28.8 Å². The summed E-state index contributed by atoms with van der Waals surface area (Å²) in [4.78, 5) is 13.8. The molecule has 1 fully saturated rings. The van der Waals surface area contributed by atoms with E-state index in [4.69, 9.17) is 5.84 Å². The summed E-state index contributed by atoms with van der Waals surface area (Å²) >= 11 is 0. The van der Waals surface area contributed by atoms with Crippen molar-refractivity contribution in [2.24, 2.45) is 11.8 Å². The third-order valence-electron chi connectivity index (χ3n) is 4.02. The normalized spacial score (nSPS) is 14.6. The molecule has 1 amide bonds. The van der Waals surface area contributed by atoms with Crippen LogP contribution in [-0.2, 0) is 4.79 Å². The van der Waals surface area contributed by atoms with E-state index in [-0.39, 0.29) is 11.8 Å². The van der Waals surface area contributed by atoms with Crippen molar-refractivity contribution in [2.45, 2.75) is 40.5 Å². The topological polar surface area (TPSA) is 82.2 Å². The molecule has 1 heterocycles. The average molecular weight is 302 g/mol. The third-order valence-corrected chi connectivity index (χ3v) is 4.02. The highest BCUT2D eigenvalue weighted by atomic mass is 16.2. The Morgan fingerprint density at radius 2 is 1.82 bits per heavy atom. The van der Waals surface area contributed by atoms with E-state index >= 15 is 0 Å². The van der Waals surface area contributed by atoms with Crippen molar-refractivity contribution in [2.75, 3.05) is 18.0 Å². The minimum Gasteiger partial charge on any atom is -0.370 e. The smallest absolute Gasteiger partial charge is 0.237 e. The molecular weight excluding hydrogens is 276 g/mol. The zero-order valence-electron chi connectivity index (χ0n) is 13.9. The van der Waals surface area contributed by atoms with Gasteiger partial charge in [-0.05, 0) is 37.8 Å². The number of benzene rings is 1. The van der Waals surface area contributed by atoms with Crippen molar-refractivity contribution in [3.63, 3.8) is 0 Å². The van der Waals surface area contributed by atoms with Gasteiger partial charge in [-0.1, -0.05) is 26.0 Å². The van der Waals surface area contributed by atoms with Gasteiger partial charge in [0.2, 0.25) is 5.91 Å². The van der Waals surface area contributed by atoms with Crippen molar-refractivity contribution < 1.29 is 4.79 Å². The first kappa shape index (κ1) is 18.0. The number of rotatable bonds is 2. The Labute approximate surface area is 133 Å². The Hall–Kier alpha value is -2.06. The lowest BCUT2D eigenvalue weighted by Crippen LogP contribution is -2.43. The van der Waals surface area contributed by atoms with Crippen LogP contribution in [0.1, 0.15) is 43.4 Å². The molecule has 5 heteroatoms. The monoisotopic (exact) mass is 302 g/mol. The summed E-state index contributed by atoms with van der Waals surface area (Å²) in [6.45, 7) is 9.53. The molecule has 3 N–H and O–H groups in total. The average Bonchev–Trinajstić information content (AvgIpc) is 2.58. The summed E-state index contributed by atoms with van der Waals surface area (Å²) in [5.74, 6) is 5.07. The fraction of sp³-hybridized carbons (Fsp3) is 0.529. The summed E-state index contributed by atoms with van der Waals surface area (Å²) in [5.41, 5.74) is 6.08. The second-order valence-electron chi connectivity index (χ2n) is 5.30. The number of carbonyl (C=O) groups excluding carboxylic acids is 1. The van der Waals surface area contributed by atoms with Crippen molar-refractivity contribution in [1.82, 2.24) is 5.43 Å². The van der Waals surface area contributed by atoms with Crippen LogP contribution >= 0.6 is 0 Å². The number of hydrazine groups is 1. The Morgan fingerprint density at radius 3 is 2.32 bits per heavy atom. The third kappa shape index (κ3) is 3.77. The van der Waals surface area contributed by atoms with Gasteiger partial charge in [-0.25, -0.2) is 5.84 Å². The van der Waals surface area contributed by atoms with Crippen LogP contribution in [0.4, 0.5) is 5.69 Å². The zero-order valence-corrected chi connectivity index (χ0v) is 13.9. The number of nitrogens with two attached hydrogens (primary N) is 1. The summed E-state index contributed by atoms with van der Waals surface area (Å²) in [6, 6.07) is 6.33. The van der Waals surface area contributed by atoms with Gasteiger partial charge in [-0.3, -0.25) is 10.2 Å². The Bertz CT molecular complexity index is 555. The number of nitrogens with one attached hydrogen (secondary N) is 1. The molecule has 22 heavy (non-hydrogen) atoms.